The van der Waals surface area contributed by atoms with Crippen molar-refractivity contribution in [1.82, 2.24) is 0 Å². The van der Waals surface area contributed by atoms with E-state index in [1.807, 2.05) is 6.07 Å². The van der Waals surface area contributed by atoms with Crippen molar-refractivity contribution >= 4 is 0 Å². The molecular formula is C12H19FN2+2. The minimum atomic E-state index is -0.116. The van der Waals surface area contributed by atoms with Crippen LogP contribution >= 0.6 is 0 Å². The first-order chi connectivity index (χ1) is 7.34. The molecule has 2 rings (SSSR count). The summed E-state index contributed by atoms with van der Waals surface area (Å²) in [5, 5.41) is 2.37. The molecule has 0 aromatic heterocycles. The van der Waals surface area contributed by atoms with E-state index in [4.69, 9.17) is 0 Å². The zero-order valence-electron chi connectivity index (χ0n) is 9.01. The summed E-state index contributed by atoms with van der Waals surface area (Å²) >= 11 is 0. The van der Waals surface area contributed by atoms with Crippen LogP contribution in [0.15, 0.2) is 24.3 Å². The fourth-order valence-corrected chi connectivity index (χ4v) is 2.15. The highest BCUT2D eigenvalue weighted by Gasteiger charge is 2.14. The zero-order chi connectivity index (χ0) is 10.5. The van der Waals surface area contributed by atoms with Gasteiger partial charge in [0.2, 0.25) is 0 Å². The van der Waals surface area contributed by atoms with Gasteiger partial charge in [0.05, 0.1) is 6.54 Å². The Morgan fingerprint density at radius 1 is 1.27 bits per heavy atom. The molecule has 1 heterocycles. The lowest BCUT2D eigenvalue weighted by Crippen LogP contribution is -3.20. The van der Waals surface area contributed by atoms with Gasteiger partial charge in [0, 0.05) is 6.42 Å². The van der Waals surface area contributed by atoms with E-state index in [0.29, 0.717) is 0 Å². The summed E-state index contributed by atoms with van der Waals surface area (Å²) in [7, 11) is 0. The lowest BCUT2D eigenvalue weighted by atomic mass is 10.1. The maximum absolute atomic E-state index is 12.9. The van der Waals surface area contributed by atoms with Crippen molar-refractivity contribution in [2.45, 2.75) is 6.42 Å². The van der Waals surface area contributed by atoms with Gasteiger partial charge in [-0.05, 0) is 17.7 Å². The van der Waals surface area contributed by atoms with Crippen molar-refractivity contribution in [1.29, 1.82) is 0 Å². The van der Waals surface area contributed by atoms with Crippen molar-refractivity contribution in [2.24, 2.45) is 0 Å². The van der Waals surface area contributed by atoms with E-state index >= 15 is 0 Å². The molecule has 1 saturated heterocycles. The summed E-state index contributed by atoms with van der Waals surface area (Å²) in [6.07, 6.45) is 0.993. The molecule has 0 amide bonds. The molecule has 1 fully saturated rings. The van der Waals surface area contributed by atoms with Crippen LogP contribution in [0, 0.1) is 5.82 Å². The molecule has 0 radical (unpaired) electrons. The number of hydrogen-bond acceptors (Lipinski definition) is 0. The number of benzene rings is 1. The Hall–Kier alpha value is -0.930. The molecule has 1 aliphatic rings. The highest BCUT2D eigenvalue weighted by molar-refractivity contribution is 5.16. The third kappa shape index (κ3) is 3.29. The molecule has 2 nitrogen and oxygen atoms in total. The quantitative estimate of drug-likeness (QED) is 0.627. The standard InChI is InChI=1S/C12H17FN2/c13-12-3-1-2-11(10-12)4-7-15-8-5-14-6-9-15/h1-3,10,14H,4-9H2/p+2. The molecular weight excluding hydrogens is 191 g/mol. The summed E-state index contributed by atoms with van der Waals surface area (Å²) in [6.45, 7) is 6.10. The second kappa shape index (κ2) is 5.24. The van der Waals surface area contributed by atoms with Crippen molar-refractivity contribution in [3.8, 4) is 0 Å². The van der Waals surface area contributed by atoms with E-state index in [0.717, 1.165) is 18.5 Å². The Balaban J connectivity index is 1.81. The van der Waals surface area contributed by atoms with E-state index < -0.39 is 0 Å². The number of nitrogens with two attached hydrogens (primary N) is 1. The summed E-state index contributed by atoms with van der Waals surface area (Å²) in [6, 6.07) is 6.96. The largest absolute Gasteiger partial charge is 0.337 e. The molecule has 15 heavy (non-hydrogen) atoms. The maximum Gasteiger partial charge on any atom is 0.127 e. The van der Waals surface area contributed by atoms with Crippen molar-refractivity contribution < 1.29 is 14.6 Å². The minimum Gasteiger partial charge on any atom is -0.337 e. The number of rotatable bonds is 3. The van der Waals surface area contributed by atoms with E-state index in [9.17, 15) is 4.39 Å². The van der Waals surface area contributed by atoms with Crippen LogP contribution in [0.1, 0.15) is 5.56 Å². The summed E-state index contributed by atoms with van der Waals surface area (Å²) in [5.74, 6) is -0.116. The predicted molar refractivity (Wildman–Crippen MR) is 57.3 cm³/mol. The van der Waals surface area contributed by atoms with Gasteiger partial charge >= 0.3 is 0 Å². The van der Waals surface area contributed by atoms with Gasteiger partial charge in [-0.15, -0.1) is 0 Å². The Morgan fingerprint density at radius 3 is 2.80 bits per heavy atom. The van der Waals surface area contributed by atoms with E-state index in [1.165, 1.54) is 32.2 Å². The van der Waals surface area contributed by atoms with Crippen molar-refractivity contribution in [2.75, 3.05) is 32.7 Å². The zero-order valence-corrected chi connectivity index (χ0v) is 9.01. The normalized spacial score (nSPS) is 17.9. The number of hydrogen-bond donors (Lipinski definition) is 2. The Morgan fingerprint density at radius 2 is 2.07 bits per heavy atom. The molecule has 0 atom stereocenters. The fraction of sp³-hybridized carbons (Fsp3) is 0.500. The Kier molecular flexibility index (Phi) is 3.69. The van der Waals surface area contributed by atoms with E-state index in [-0.39, 0.29) is 5.82 Å². The Bertz CT molecular complexity index is 308. The van der Waals surface area contributed by atoms with Gasteiger partial charge in [-0.2, -0.15) is 0 Å². The first kappa shape index (κ1) is 10.6. The molecule has 0 unspecified atom stereocenters. The summed E-state index contributed by atoms with van der Waals surface area (Å²) < 4.78 is 12.9. The van der Waals surface area contributed by atoms with Crippen LogP contribution in [-0.4, -0.2) is 32.7 Å². The lowest BCUT2D eigenvalue weighted by Gasteiger charge is -2.22. The predicted octanol–water partition coefficient (Wildman–Crippen LogP) is -1.17. The number of halogens is 1. The molecule has 0 aliphatic carbocycles. The van der Waals surface area contributed by atoms with Gasteiger partial charge in [0.15, 0.2) is 0 Å². The molecule has 1 aromatic carbocycles. The van der Waals surface area contributed by atoms with Crippen LogP contribution < -0.4 is 10.2 Å². The molecule has 0 spiro atoms. The van der Waals surface area contributed by atoms with Gasteiger partial charge in [-0.3, -0.25) is 0 Å². The number of nitrogens with one attached hydrogen (secondary N) is 1. The average molecular weight is 210 g/mol. The SMILES string of the molecule is Fc1cccc(CC[NH+]2CC[NH2+]CC2)c1. The van der Waals surface area contributed by atoms with Crippen LogP contribution in [0.25, 0.3) is 0 Å². The van der Waals surface area contributed by atoms with Crippen molar-refractivity contribution in [3.05, 3.63) is 35.6 Å². The van der Waals surface area contributed by atoms with E-state index in [1.54, 1.807) is 17.0 Å². The van der Waals surface area contributed by atoms with Gasteiger partial charge in [0.25, 0.3) is 0 Å². The highest BCUT2D eigenvalue weighted by atomic mass is 19.1. The number of quaternary nitrogens is 2. The van der Waals surface area contributed by atoms with Gasteiger partial charge < -0.3 is 10.2 Å². The monoisotopic (exact) mass is 210 g/mol. The molecule has 0 saturated carbocycles. The smallest absolute Gasteiger partial charge is 0.127 e. The van der Waals surface area contributed by atoms with Crippen LogP contribution in [0.4, 0.5) is 4.39 Å². The van der Waals surface area contributed by atoms with Crippen LogP contribution in [0.5, 0.6) is 0 Å². The third-order valence-electron chi connectivity index (χ3n) is 3.06. The highest BCUT2D eigenvalue weighted by Crippen LogP contribution is 2.02. The molecule has 0 bridgehead atoms. The first-order valence-corrected chi connectivity index (χ1v) is 5.74. The topological polar surface area (TPSA) is 21.1 Å². The summed E-state index contributed by atoms with van der Waals surface area (Å²) in [5.41, 5.74) is 1.12. The molecule has 1 aromatic rings. The van der Waals surface area contributed by atoms with Crippen molar-refractivity contribution in [3.63, 3.8) is 0 Å². The number of piperazine rings is 1. The van der Waals surface area contributed by atoms with Gasteiger partial charge in [-0.1, -0.05) is 12.1 Å². The van der Waals surface area contributed by atoms with Gasteiger partial charge in [-0.25, -0.2) is 4.39 Å². The third-order valence-corrected chi connectivity index (χ3v) is 3.06. The second-order valence-corrected chi connectivity index (χ2v) is 4.25. The molecule has 3 N–H and O–H groups in total. The maximum atomic E-state index is 12.9. The van der Waals surface area contributed by atoms with E-state index in [2.05, 4.69) is 5.32 Å². The van der Waals surface area contributed by atoms with Crippen LogP contribution in [0.2, 0.25) is 0 Å². The average Bonchev–Trinajstić information content (AvgIpc) is 2.28. The Labute approximate surface area is 90.1 Å². The molecule has 82 valence electrons. The summed E-state index contributed by atoms with van der Waals surface area (Å²) in [4.78, 5) is 1.65. The lowest BCUT2D eigenvalue weighted by molar-refractivity contribution is -0.946. The molecule has 3 heteroatoms. The van der Waals surface area contributed by atoms with Gasteiger partial charge in [0.1, 0.15) is 32.0 Å². The van der Waals surface area contributed by atoms with Crippen LogP contribution in [-0.2, 0) is 6.42 Å². The first-order valence-electron chi connectivity index (χ1n) is 5.74. The second-order valence-electron chi connectivity index (χ2n) is 4.25. The molecule has 1 aliphatic heterocycles. The minimum absolute atomic E-state index is 0.116. The fourth-order valence-electron chi connectivity index (χ4n) is 2.15. The van der Waals surface area contributed by atoms with Crippen LogP contribution in [0.3, 0.4) is 0 Å².